The van der Waals surface area contributed by atoms with Gasteiger partial charge in [-0.2, -0.15) is 0 Å². The fourth-order valence-electron chi connectivity index (χ4n) is 3.98. The molecule has 0 aromatic heterocycles. The number of fused-ring (bicyclic) bond motifs is 1. The number of Topliss-reactive ketones (excluding diaryl/α,β-unsaturated/α-hetero) is 1. The number of aliphatic hydroxyl groups excluding tert-OH is 1. The Morgan fingerprint density at radius 3 is 2.70 bits per heavy atom. The standard InChI is InChI=1S/C23H23NO6/c1-29-11-2-10-24-20(14-3-6-17(25)7-4-14)19(22(27)23(24)28)21(26)16-5-8-18-15(13-16)9-12-30-18/h3-8,13,20,25-26H,2,9-12H2,1H3/b21-19-. The molecule has 1 amide bonds. The lowest BCUT2D eigenvalue weighted by Crippen LogP contribution is -2.31. The summed E-state index contributed by atoms with van der Waals surface area (Å²) >= 11 is 0. The van der Waals surface area contributed by atoms with Crippen molar-refractivity contribution in [3.8, 4) is 11.5 Å². The van der Waals surface area contributed by atoms with Crippen molar-refractivity contribution in [1.82, 2.24) is 4.90 Å². The maximum absolute atomic E-state index is 12.9. The Kier molecular flexibility index (Phi) is 5.46. The first-order chi connectivity index (χ1) is 14.5. The number of carbonyl (C=O) groups is 2. The van der Waals surface area contributed by atoms with Crippen LogP contribution < -0.4 is 4.74 Å². The number of rotatable bonds is 6. The number of phenols is 1. The van der Waals surface area contributed by atoms with Crippen LogP contribution in [-0.4, -0.2) is 53.7 Å². The van der Waals surface area contributed by atoms with Gasteiger partial charge in [-0.25, -0.2) is 0 Å². The molecular formula is C23H23NO6. The topological polar surface area (TPSA) is 96.3 Å². The van der Waals surface area contributed by atoms with E-state index in [1.807, 2.05) is 0 Å². The zero-order chi connectivity index (χ0) is 21.3. The first-order valence-electron chi connectivity index (χ1n) is 9.83. The van der Waals surface area contributed by atoms with Gasteiger partial charge in [0, 0.05) is 32.2 Å². The van der Waals surface area contributed by atoms with E-state index >= 15 is 0 Å². The fourth-order valence-corrected chi connectivity index (χ4v) is 3.98. The van der Waals surface area contributed by atoms with Crippen LogP contribution in [0.2, 0.25) is 0 Å². The summed E-state index contributed by atoms with van der Waals surface area (Å²) in [5, 5.41) is 20.7. The Morgan fingerprint density at radius 1 is 1.20 bits per heavy atom. The van der Waals surface area contributed by atoms with Crippen molar-refractivity contribution in [2.75, 3.05) is 26.9 Å². The number of hydrogen-bond donors (Lipinski definition) is 2. The number of likely N-dealkylation sites (tertiary alicyclic amines) is 1. The van der Waals surface area contributed by atoms with Gasteiger partial charge in [0.2, 0.25) is 0 Å². The molecule has 2 N–H and O–H groups in total. The van der Waals surface area contributed by atoms with E-state index < -0.39 is 17.7 Å². The van der Waals surface area contributed by atoms with Gasteiger partial charge in [-0.05, 0) is 47.9 Å². The molecule has 0 saturated carbocycles. The lowest BCUT2D eigenvalue weighted by Gasteiger charge is -2.25. The van der Waals surface area contributed by atoms with Crippen LogP contribution in [0.15, 0.2) is 48.0 Å². The summed E-state index contributed by atoms with van der Waals surface area (Å²) in [7, 11) is 1.57. The minimum atomic E-state index is -0.744. The van der Waals surface area contributed by atoms with Crippen molar-refractivity contribution in [3.05, 3.63) is 64.7 Å². The highest BCUT2D eigenvalue weighted by Gasteiger charge is 2.45. The number of methoxy groups -OCH3 is 1. The highest BCUT2D eigenvalue weighted by atomic mass is 16.5. The first-order valence-corrected chi connectivity index (χ1v) is 9.83. The molecule has 1 atom stereocenters. The molecule has 2 aromatic rings. The second-order valence-corrected chi connectivity index (χ2v) is 7.35. The average molecular weight is 409 g/mol. The molecule has 0 spiro atoms. The summed E-state index contributed by atoms with van der Waals surface area (Å²) in [4.78, 5) is 27.2. The van der Waals surface area contributed by atoms with Crippen LogP contribution in [0, 0.1) is 0 Å². The van der Waals surface area contributed by atoms with Gasteiger partial charge in [0.25, 0.3) is 11.7 Å². The van der Waals surface area contributed by atoms with Crippen molar-refractivity contribution >= 4 is 17.4 Å². The van der Waals surface area contributed by atoms with Gasteiger partial charge >= 0.3 is 0 Å². The number of ether oxygens (including phenoxy) is 2. The molecule has 7 nitrogen and oxygen atoms in total. The predicted molar refractivity (Wildman–Crippen MR) is 109 cm³/mol. The molecular weight excluding hydrogens is 386 g/mol. The first kappa shape index (κ1) is 20.0. The fraction of sp³-hybridized carbons (Fsp3) is 0.304. The monoisotopic (exact) mass is 409 g/mol. The molecule has 2 heterocycles. The molecule has 2 aliphatic heterocycles. The third-order valence-electron chi connectivity index (χ3n) is 5.46. The highest BCUT2D eigenvalue weighted by Crippen LogP contribution is 2.40. The lowest BCUT2D eigenvalue weighted by molar-refractivity contribution is -0.140. The van der Waals surface area contributed by atoms with Gasteiger partial charge in [0.1, 0.15) is 17.3 Å². The molecule has 4 rings (SSSR count). The van der Waals surface area contributed by atoms with E-state index in [0.29, 0.717) is 37.3 Å². The predicted octanol–water partition coefficient (Wildman–Crippen LogP) is 2.79. The van der Waals surface area contributed by atoms with Crippen molar-refractivity contribution in [2.24, 2.45) is 0 Å². The Labute approximate surface area is 174 Å². The van der Waals surface area contributed by atoms with E-state index in [9.17, 15) is 19.8 Å². The second kappa shape index (κ2) is 8.20. The van der Waals surface area contributed by atoms with Crippen molar-refractivity contribution in [3.63, 3.8) is 0 Å². The SMILES string of the molecule is COCCCN1C(=O)C(=O)/C(=C(\O)c2ccc3c(c2)CCO3)C1c1ccc(O)cc1. The maximum Gasteiger partial charge on any atom is 0.295 e. The highest BCUT2D eigenvalue weighted by molar-refractivity contribution is 6.46. The number of aliphatic hydroxyl groups is 1. The van der Waals surface area contributed by atoms with Gasteiger partial charge in [0.05, 0.1) is 18.2 Å². The van der Waals surface area contributed by atoms with E-state index in [4.69, 9.17) is 9.47 Å². The number of amides is 1. The van der Waals surface area contributed by atoms with Crippen molar-refractivity contribution in [2.45, 2.75) is 18.9 Å². The van der Waals surface area contributed by atoms with Gasteiger partial charge in [-0.3, -0.25) is 9.59 Å². The van der Waals surface area contributed by atoms with Gasteiger partial charge in [0.15, 0.2) is 0 Å². The van der Waals surface area contributed by atoms with Crippen LogP contribution in [0.5, 0.6) is 11.5 Å². The number of carbonyl (C=O) groups excluding carboxylic acids is 2. The molecule has 0 radical (unpaired) electrons. The molecule has 2 aliphatic rings. The van der Waals surface area contributed by atoms with Crippen LogP contribution in [0.4, 0.5) is 0 Å². The number of ketones is 1. The van der Waals surface area contributed by atoms with Crippen molar-refractivity contribution in [1.29, 1.82) is 0 Å². The third kappa shape index (κ3) is 3.52. The largest absolute Gasteiger partial charge is 0.508 e. The number of benzene rings is 2. The normalized spacial score (nSPS) is 19.8. The number of phenolic OH excluding ortho intramolecular Hbond substituents is 1. The van der Waals surface area contributed by atoms with Gasteiger partial charge in [-0.1, -0.05) is 12.1 Å². The molecule has 2 aromatic carbocycles. The minimum absolute atomic E-state index is 0.0435. The summed E-state index contributed by atoms with van der Waals surface area (Å²) in [6.07, 6.45) is 1.28. The van der Waals surface area contributed by atoms with Crippen LogP contribution in [0.25, 0.3) is 5.76 Å². The Hall–Kier alpha value is -3.32. The molecule has 30 heavy (non-hydrogen) atoms. The summed E-state index contributed by atoms with van der Waals surface area (Å²) in [6, 6.07) is 10.8. The van der Waals surface area contributed by atoms with Crippen LogP contribution in [-0.2, 0) is 20.7 Å². The molecule has 0 bridgehead atoms. The zero-order valence-corrected chi connectivity index (χ0v) is 16.6. The summed E-state index contributed by atoms with van der Waals surface area (Å²) < 4.78 is 10.6. The third-order valence-corrected chi connectivity index (χ3v) is 5.46. The zero-order valence-electron chi connectivity index (χ0n) is 16.6. The van der Waals surface area contributed by atoms with Gasteiger partial charge < -0.3 is 24.6 Å². The van der Waals surface area contributed by atoms with E-state index in [0.717, 1.165) is 17.7 Å². The maximum atomic E-state index is 12.9. The molecule has 1 fully saturated rings. The molecule has 0 aliphatic carbocycles. The van der Waals surface area contributed by atoms with Crippen molar-refractivity contribution < 1.29 is 29.3 Å². The quantitative estimate of drug-likeness (QED) is 0.330. The smallest absolute Gasteiger partial charge is 0.295 e. The second-order valence-electron chi connectivity index (χ2n) is 7.35. The van der Waals surface area contributed by atoms with E-state index in [1.165, 1.54) is 17.0 Å². The summed E-state index contributed by atoms with van der Waals surface area (Å²) in [5.41, 5.74) is 2.10. The van der Waals surface area contributed by atoms with Gasteiger partial charge in [-0.15, -0.1) is 0 Å². The molecule has 1 saturated heterocycles. The Bertz CT molecular complexity index is 1010. The van der Waals surface area contributed by atoms with E-state index in [-0.39, 0.29) is 17.1 Å². The van der Waals surface area contributed by atoms with Crippen LogP contribution >= 0.6 is 0 Å². The lowest BCUT2D eigenvalue weighted by atomic mass is 9.94. The summed E-state index contributed by atoms with van der Waals surface area (Å²) in [5.74, 6) is -0.749. The number of nitrogens with zero attached hydrogens (tertiary/aromatic N) is 1. The van der Waals surface area contributed by atoms with Crippen LogP contribution in [0.1, 0.15) is 29.2 Å². The molecule has 7 heteroatoms. The Balaban J connectivity index is 1.80. The van der Waals surface area contributed by atoms with Crippen LogP contribution in [0.3, 0.4) is 0 Å². The number of aromatic hydroxyl groups is 1. The van der Waals surface area contributed by atoms with E-state index in [2.05, 4.69) is 0 Å². The summed E-state index contributed by atoms with van der Waals surface area (Å²) in [6.45, 7) is 1.33. The molecule has 156 valence electrons. The minimum Gasteiger partial charge on any atom is -0.508 e. The number of hydrogen-bond acceptors (Lipinski definition) is 6. The molecule has 1 unspecified atom stereocenters. The Morgan fingerprint density at radius 2 is 1.97 bits per heavy atom. The van der Waals surface area contributed by atoms with E-state index in [1.54, 1.807) is 37.4 Å². The average Bonchev–Trinajstić information content (AvgIpc) is 3.31.